The summed E-state index contributed by atoms with van der Waals surface area (Å²) in [5.41, 5.74) is 5.26. The Morgan fingerprint density at radius 1 is 1.38 bits per heavy atom. The average molecular weight is 209 g/mol. The first-order chi connectivity index (χ1) is 5.77. The van der Waals surface area contributed by atoms with Gasteiger partial charge in [-0.25, -0.2) is 9.86 Å². The third kappa shape index (κ3) is 8.17. The smallest absolute Gasteiger partial charge is 0.274 e. The third-order valence-electron chi connectivity index (χ3n) is 1.81. The molecule has 0 atom stereocenters. The largest absolute Gasteiger partial charge is 0.330 e. The molecule has 0 bridgehead atoms. The molecule has 0 aromatic rings. The normalized spacial score (nSPS) is 13.2. The summed E-state index contributed by atoms with van der Waals surface area (Å²) in [5, 5.41) is 4.81. The molecule has 0 aromatic heterocycles. The lowest BCUT2D eigenvalue weighted by molar-refractivity contribution is 0.327. The second-order valence-corrected chi connectivity index (χ2v) is 5.30. The maximum atomic E-state index is 10.6. The van der Waals surface area contributed by atoms with Gasteiger partial charge in [-0.3, -0.25) is 0 Å². The van der Waals surface area contributed by atoms with Crippen LogP contribution < -0.4 is 15.6 Å². The Hall–Kier alpha value is -0.170. The Bertz CT molecular complexity index is 236. The summed E-state index contributed by atoms with van der Waals surface area (Å²) < 4.78 is 23.5. The lowest BCUT2D eigenvalue weighted by Gasteiger charge is -2.23. The molecular formula is C7H19N3O2S. The lowest BCUT2D eigenvalue weighted by atomic mass is 9.88. The summed E-state index contributed by atoms with van der Waals surface area (Å²) in [5.74, 6) is 0. The van der Waals surface area contributed by atoms with Crippen LogP contribution in [0.25, 0.3) is 0 Å². The molecule has 0 saturated heterocycles. The van der Waals surface area contributed by atoms with Crippen molar-refractivity contribution in [3.05, 3.63) is 0 Å². The van der Waals surface area contributed by atoms with E-state index in [0.29, 0.717) is 13.1 Å². The summed E-state index contributed by atoms with van der Waals surface area (Å²) in [6.45, 7) is 4.92. The Labute approximate surface area is 80.1 Å². The van der Waals surface area contributed by atoms with Gasteiger partial charge < -0.3 is 5.73 Å². The van der Waals surface area contributed by atoms with Crippen LogP contribution in [-0.4, -0.2) is 21.5 Å². The second kappa shape index (κ2) is 4.90. The van der Waals surface area contributed by atoms with Crippen molar-refractivity contribution in [1.29, 1.82) is 0 Å². The summed E-state index contributed by atoms with van der Waals surface area (Å²) >= 11 is 0. The van der Waals surface area contributed by atoms with E-state index in [9.17, 15) is 8.42 Å². The molecular weight excluding hydrogens is 190 g/mol. The van der Waals surface area contributed by atoms with Crippen LogP contribution in [0.2, 0.25) is 0 Å². The number of nitrogens with two attached hydrogens (primary N) is 2. The maximum absolute atomic E-state index is 10.6. The van der Waals surface area contributed by atoms with Crippen LogP contribution in [0.4, 0.5) is 0 Å². The van der Waals surface area contributed by atoms with E-state index in [1.165, 1.54) is 0 Å². The topological polar surface area (TPSA) is 98.2 Å². The van der Waals surface area contributed by atoms with Gasteiger partial charge in [0.25, 0.3) is 10.2 Å². The molecule has 0 radical (unpaired) electrons. The van der Waals surface area contributed by atoms with Gasteiger partial charge in [-0.15, -0.1) is 0 Å². The molecule has 0 aromatic carbocycles. The van der Waals surface area contributed by atoms with E-state index in [1.807, 2.05) is 13.8 Å². The second-order valence-electron chi connectivity index (χ2n) is 3.92. The zero-order chi connectivity index (χ0) is 10.5. The van der Waals surface area contributed by atoms with Crippen molar-refractivity contribution in [3.8, 4) is 0 Å². The van der Waals surface area contributed by atoms with Crippen LogP contribution in [0.3, 0.4) is 0 Å². The monoisotopic (exact) mass is 209 g/mol. The van der Waals surface area contributed by atoms with Crippen LogP contribution in [0.1, 0.15) is 26.7 Å². The predicted octanol–water partition coefficient (Wildman–Crippen LogP) is -0.455. The number of rotatable bonds is 6. The lowest BCUT2D eigenvalue weighted by Crippen LogP contribution is -2.38. The summed E-state index contributed by atoms with van der Waals surface area (Å²) in [4.78, 5) is 0. The SMILES string of the molecule is CC(C)(CCCN)CNS(N)(=O)=O. The Kier molecular flexibility index (Phi) is 4.83. The fourth-order valence-electron chi connectivity index (χ4n) is 0.965. The molecule has 0 aliphatic carbocycles. The van der Waals surface area contributed by atoms with Gasteiger partial charge in [0.05, 0.1) is 0 Å². The van der Waals surface area contributed by atoms with E-state index in [4.69, 9.17) is 10.9 Å². The van der Waals surface area contributed by atoms with E-state index in [2.05, 4.69) is 4.72 Å². The van der Waals surface area contributed by atoms with Crippen LogP contribution in [0, 0.1) is 5.41 Å². The van der Waals surface area contributed by atoms with E-state index in [0.717, 1.165) is 12.8 Å². The van der Waals surface area contributed by atoms with Crippen LogP contribution >= 0.6 is 0 Å². The molecule has 5 N–H and O–H groups in total. The molecule has 0 spiro atoms. The first kappa shape index (κ1) is 12.8. The van der Waals surface area contributed by atoms with E-state index in [-0.39, 0.29) is 5.41 Å². The van der Waals surface area contributed by atoms with Gasteiger partial charge >= 0.3 is 0 Å². The summed E-state index contributed by atoms with van der Waals surface area (Å²) in [6, 6.07) is 0. The highest BCUT2D eigenvalue weighted by atomic mass is 32.2. The average Bonchev–Trinajstić information content (AvgIpc) is 1.97. The fraction of sp³-hybridized carbons (Fsp3) is 1.00. The van der Waals surface area contributed by atoms with Crippen molar-refractivity contribution in [3.63, 3.8) is 0 Å². The number of nitrogens with one attached hydrogen (secondary N) is 1. The third-order valence-corrected chi connectivity index (χ3v) is 2.36. The van der Waals surface area contributed by atoms with Crippen molar-refractivity contribution in [2.24, 2.45) is 16.3 Å². The number of hydrogen-bond donors (Lipinski definition) is 3. The van der Waals surface area contributed by atoms with E-state index in [1.54, 1.807) is 0 Å². The molecule has 0 saturated carbocycles. The van der Waals surface area contributed by atoms with Crippen molar-refractivity contribution in [2.45, 2.75) is 26.7 Å². The molecule has 80 valence electrons. The summed E-state index contributed by atoms with van der Waals surface area (Å²) in [6.07, 6.45) is 1.77. The van der Waals surface area contributed by atoms with Crippen molar-refractivity contribution < 1.29 is 8.42 Å². The molecule has 0 unspecified atom stereocenters. The van der Waals surface area contributed by atoms with Gasteiger partial charge in [-0.1, -0.05) is 13.8 Å². The highest BCUT2D eigenvalue weighted by molar-refractivity contribution is 7.87. The molecule has 0 aliphatic rings. The minimum absolute atomic E-state index is 0.0915. The molecule has 6 heteroatoms. The quantitative estimate of drug-likeness (QED) is 0.552. The van der Waals surface area contributed by atoms with Gasteiger partial charge in [0, 0.05) is 6.54 Å². The Morgan fingerprint density at radius 2 is 1.92 bits per heavy atom. The first-order valence-corrected chi connectivity index (χ1v) is 5.79. The molecule has 5 nitrogen and oxygen atoms in total. The van der Waals surface area contributed by atoms with E-state index < -0.39 is 10.2 Å². The zero-order valence-electron chi connectivity index (χ0n) is 8.21. The molecule has 0 fully saturated rings. The Balaban J connectivity index is 3.89. The van der Waals surface area contributed by atoms with E-state index >= 15 is 0 Å². The number of hydrogen-bond acceptors (Lipinski definition) is 3. The molecule has 0 aliphatic heterocycles. The maximum Gasteiger partial charge on any atom is 0.274 e. The first-order valence-electron chi connectivity index (χ1n) is 4.24. The highest BCUT2D eigenvalue weighted by Crippen LogP contribution is 2.20. The van der Waals surface area contributed by atoms with Gasteiger partial charge in [0.15, 0.2) is 0 Å². The van der Waals surface area contributed by atoms with Crippen molar-refractivity contribution in [1.82, 2.24) is 4.72 Å². The highest BCUT2D eigenvalue weighted by Gasteiger charge is 2.18. The molecule has 0 rings (SSSR count). The van der Waals surface area contributed by atoms with Gasteiger partial charge in [-0.05, 0) is 24.8 Å². The van der Waals surface area contributed by atoms with Crippen molar-refractivity contribution >= 4 is 10.2 Å². The standard InChI is InChI=1S/C7H19N3O2S/c1-7(2,4-3-5-8)6-10-13(9,11)12/h10H,3-6,8H2,1-2H3,(H2,9,11,12). The van der Waals surface area contributed by atoms with Crippen LogP contribution in [-0.2, 0) is 10.2 Å². The van der Waals surface area contributed by atoms with Crippen LogP contribution in [0.5, 0.6) is 0 Å². The molecule has 0 amide bonds. The van der Waals surface area contributed by atoms with Gasteiger partial charge in [-0.2, -0.15) is 8.42 Å². The molecule has 13 heavy (non-hydrogen) atoms. The zero-order valence-corrected chi connectivity index (χ0v) is 9.02. The predicted molar refractivity (Wildman–Crippen MR) is 53.2 cm³/mol. The Morgan fingerprint density at radius 3 is 2.31 bits per heavy atom. The van der Waals surface area contributed by atoms with Crippen LogP contribution in [0.15, 0.2) is 0 Å². The van der Waals surface area contributed by atoms with Crippen molar-refractivity contribution in [2.75, 3.05) is 13.1 Å². The van der Waals surface area contributed by atoms with Gasteiger partial charge in [0.1, 0.15) is 0 Å². The molecule has 0 heterocycles. The van der Waals surface area contributed by atoms with Gasteiger partial charge in [0.2, 0.25) is 0 Å². The fourth-order valence-corrected chi connectivity index (χ4v) is 1.56. The minimum atomic E-state index is -3.56. The summed E-state index contributed by atoms with van der Waals surface area (Å²) in [7, 11) is -3.56. The minimum Gasteiger partial charge on any atom is -0.330 e.